The molecule has 6 heteroatoms. The molecule has 90 valence electrons. The van der Waals surface area contributed by atoms with E-state index in [-0.39, 0.29) is 5.75 Å². The van der Waals surface area contributed by atoms with Crippen LogP contribution < -0.4 is 10.2 Å². The van der Waals surface area contributed by atoms with Crippen LogP contribution in [0.5, 0.6) is 5.75 Å². The molecule has 2 heterocycles. The van der Waals surface area contributed by atoms with Crippen LogP contribution in [0.3, 0.4) is 0 Å². The van der Waals surface area contributed by atoms with Crippen molar-refractivity contribution in [1.29, 1.82) is 0 Å². The fourth-order valence-corrected chi connectivity index (χ4v) is 2.71. The summed E-state index contributed by atoms with van der Waals surface area (Å²) in [5.41, 5.74) is 0.235. The number of aromatic nitrogens is 1. The quantitative estimate of drug-likeness (QED) is 0.660. The summed E-state index contributed by atoms with van der Waals surface area (Å²) in [5.74, 6) is -0.214. The summed E-state index contributed by atoms with van der Waals surface area (Å²) < 4.78 is 5.43. The highest BCUT2D eigenvalue weighted by Gasteiger charge is 2.12. The summed E-state index contributed by atoms with van der Waals surface area (Å²) in [6.07, 6.45) is -0.242. The number of carbonyl (C=O) groups is 1. The van der Waals surface area contributed by atoms with E-state index in [0.717, 1.165) is 10.1 Å². The van der Waals surface area contributed by atoms with E-state index in [1.165, 1.54) is 17.5 Å². The Morgan fingerprint density at radius 1 is 1.33 bits per heavy atom. The average Bonchev–Trinajstić information content (AvgIpc) is 2.80. The summed E-state index contributed by atoms with van der Waals surface area (Å²) in [7, 11) is 0. The van der Waals surface area contributed by atoms with Gasteiger partial charge in [0.25, 0.3) is 0 Å². The second-order valence-corrected chi connectivity index (χ2v) is 4.62. The third-order valence-corrected chi connectivity index (χ3v) is 3.52. The fraction of sp³-hybridized carbons (Fsp3) is 0. The number of benzene rings is 1. The standard InChI is InChI=1S/C12H7NO4S/c14-11-8(17-12(15)16)5-13-7-1-2-9-6(10(7)11)3-4-18-9/h1-5H,(H,13,14)(H,15,16). The number of hydrogen-bond acceptors (Lipinski definition) is 4. The molecule has 0 bridgehead atoms. The summed E-state index contributed by atoms with van der Waals surface area (Å²) in [6, 6.07) is 5.54. The molecule has 0 aliphatic carbocycles. The van der Waals surface area contributed by atoms with Gasteiger partial charge in [-0.05, 0) is 23.6 Å². The molecule has 0 radical (unpaired) electrons. The summed E-state index contributed by atoms with van der Waals surface area (Å²) >= 11 is 1.52. The lowest BCUT2D eigenvalue weighted by molar-refractivity contribution is 0.144. The van der Waals surface area contributed by atoms with Crippen LogP contribution in [0.25, 0.3) is 21.0 Å². The van der Waals surface area contributed by atoms with Gasteiger partial charge in [-0.3, -0.25) is 4.79 Å². The number of H-pyrrole nitrogens is 1. The van der Waals surface area contributed by atoms with Crippen molar-refractivity contribution in [3.8, 4) is 5.75 Å². The zero-order valence-corrected chi connectivity index (χ0v) is 9.78. The van der Waals surface area contributed by atoms with Gasteiger partial charge in [0.1, 0.15) is 0 Å². The number of aromatic amines is 1. The summed E-state index contributed by atoms with van der Waals surface area (Å²) in [4.78, 5) is 25.5. The van der Waals surface area contributed by atoms with Crippen molar-refractivity contribution in [2.75, 3.05) is 0 Å². The first-order valence-electron chi connectivity index (χ1n) is 5.09. The lowest BCUT2D eigenvalue weighted by atomic mass is 10.1. The predicted octanol–water partition coefficient (Wildman–Crippen LogP) is 2.80. The smallest absolute Gasteiger partial charge is 0.449 e. The first kappa shape index (κ1) is 10.8. The van der Waals surface area contributed by atoms with E-state index >= 15 is 0 Å². The molecule has 2 aromatic heterocycles. The maximum Gasteiger partial charge on any atom is 0.511 e. The molecule has 5 nitrogen and oxygen atoms in total. The normalized spacial score (nSPS) is 10.9. The Morgan fingerprint density at radius 3 is 2.94 bits per heavy atom. The predicted molar refractivity (Wildman–Crippen MR) is 68.6 cm³/mol. The highest BCUT2D eigenvalue weighted by Crippen LogP contribution is 2.27. The number of carboxylic acid groups (broad SMARTS) is 1. The molecule has 2 N–H and O–H groups in total. The van der Waals surface area contributed by atoms with Crippen LogP contribution >= 0.6 is 11.3 Å². The number of hydrogen-bond donors (Lipinski definition) is 2. The van der Waals surface area contributed by atoms with Crippen molar-refractivity contribution in [2.45, 2.75) is 0 Å². The summed E-state index contributed by atoms with van der Waals surface area (Å²) in [6.45, 7) is 0. The molecule has 0 aliphatic rings. The first-order chi connectivity index (χ1) is 8.66. The van der Waals surface area contributed by atoms with Gasteiger partial charge < -0.3 is 14.8 Å². The SMILES string of the molecule is O=C(O)Oc1c[nH]c2ccc3sccc3c2c1=O. The monoisotopic (exact) mass is 261 g/mol. The van der Waals surface area contributed by atoms with Gasteiger partial charge in [0.2, 0.25) is 5.43 Å². The number of ether oxygens (including phenoxy) is 1. The molecule has 1 aromatic carbocycles. The largest absolute Gasteiger partial charge is 0.511 e. The number of thiophene rings is 1. The number of rotatable bonds is 1. The molecule has 3 aromatic rings. The van der Waals surface area contributed by atoms with Gasteiger partial charge >= 0.3 is 6.16 Å². The minimum absolute atomic E-state index is 0.214. The van der Waals surface area contributed by atoms with Crippen molar-refractivity contribution in [3.63, 3.8) is 0 Å². The third-order valence-electron chi connectivity index (χ3n) is 2.64. The Kier molecular flexibility index (Phi) is 2.31. The van der Waals surface area contributed by atoms with E-state index < -0.39 is 11.6 Å². The van der Waals surface area contributed by atoms with Crippen molar-refractivity contribution in [2.24, 2.45) is 0 Å². The third kappa shape index (κ3) is 1.54. The van der Waals surface area contributed by atoms with Crippen molar-refractivity contribution in [1.82, 2.24) is 4.98 Å². The molecule has 3 rings (SSSR count). The van der Waals surface area contributed by atoms with Crippen LogP contribution in [-0.4, -0.2) is 16.2 Å². The molecule has 0 atom stereocenters. The van der Waals surface area contributed by atoms with E-state index in [4.69, 9.17) is 5.11 Å². The Morgan fingerprint density at radius 2 is 2.17 bits per heavy atom. The van der Waals surface area contributed by atoms with Gasteiger partial charge in [0.05, 0.1) is 10.9 Å². The lowest BCUT2D eigenvalue weighted by Gasteiger charge is -2.03. The van der Waals surface area contributed by atoms with Crippen LogP contribution in [0.4, 0.5) is 4.79 Å². The lowest BCUT2D eigenvalue weighted by Crippen LogP contribution is -2.13. The Bertz CT molecular complexity index is 818. The zero-order valence-electron chi connectivity index (χ0n) is 8.97. The first-order valence-corrected chi connectivity index (χ1v) is 5.97. The average molecular weight is 261 g/mol. The van der Waals surface area contributed by atoms with Gasteiger partial charge in [-0.25, -0.2) is 4.79 Å². The Hall–Kier alpha value is -2.34. The van der Waals surface area contributed by atoms with Crippen molar-refractivity contribution in [3.05, 3.63) is 40.0 Å². The maximum atomic E-state index is 12.2. The van der Waals surface area contributed by atoms with Gasteiger partial charge in [-0.1, -0.05) is 0 Å². The minimum atomic E-state index is -1.50. The van der Waals surface area contributed by atoms with Crippen molar-refractivity contribution >= 4 is 38.5 Å². The van der Waals surface area contributed by atoms with E-state index in [1.54, 1.807) is 6.07 Å². The fourth-order valence-electron chi connectivity index (χ4n) is 1.91. The second kappa shape index (κ2) is 3.85. The van der Waals surface area contributed by atoms with Crippen molar-refractivity contribution < 1.29 is 14.6 Å². The molecule has 0 amide bonds. The topological polar surface area (TPSA) is 79.4 Å². The highest BCUT2D eigenvalue weighted by molar-refractivity contribution is 7.17. The number of fused-ring (bicyclic) bond motifs is 3. The van der Waals surface area contributed by atoms with Crippen LogP contribution in [-0.2, 0) is 0 Å². The second-order valence-electron chi connectivity index (χ2n) is 3.67. The van der Waals surface area contributed by atoms with Gasteiger partial charge in [-0.15, -0.1) is 11.3 Å². The molecule has 0 spiro atoms. The molecule has 0 saturated heterocycles. The molecular formula is C12H7NO4S. The van der Waals surface area contributed by atoms with E-state index in [2.05, 4.69) is 9.72 Å². The zero-order chi connectivity index (χ0) is 12.7. The summed E-state index contributed by atoms with van der Waals surface area (Å²) in [5, 5.41) is 11.7. The Balaban J connectivity index is 2.41. The van der Waals surface area contributed by atoms with E-state index in [9.17, 15) is 9.59 Å². The van der Waals surface area contributed by atoms with Crippen LogP contribution in [0.2, 0.25) is 0 Å². The molecule has 0 fully saturated rings. The van der Waals surface area contributed by atoms with Crippen LogP contribution in [0.15, 0.2) is 34.6 Å². The van der Waals surface area contributed by atoms with Gasteiger partial charge in [-0.2, -0.15) is 0 Å². The minimum Gasteiger partial charge on any atom is -0.449 e. The molecule has 18 heavy (non-hydrogen) atoms. The Labute approximate surface area is 104 Å². The highest BCUT2D eigenvalue weighted by atomic mass is 32.1. The number of pyridine rings is 1. The van der Waals surface area contributed by atoms with Crippen LogP contribution in [0.1, 0.15) is 0 Å². The molecular weight excluding hydrogens is 254 g/mol. The van der Waals surface area contributed by atoms with Gasteiger partial charge in [0.15, 0.2) is 5.75 Å². The van der Waals surface area contributed by atoms with E-state index in [0.29, 0.717) is 10.9 Å². The number of nitrogens with one attached hydrogen (secondary N) is 1. The molecule has 0 unspecified atom stereocenters. The maximum absolute atomic E-state index is 12.2. The van der Waals surface area contributed by atoms with Gasteiger partial charge in [0, 0.05) is 16.3 Å². The van der Waals surface area contributed by atoms with Crippen LogP contribution in [0, 0.1) is 0 Å². The molecule has 0 aliphatic heterocycles. The molecule has 0 saturated carbocycles. The van der Waals surface area contributed by atoms with E-state index in [1.807, 2.05) is 17.5 Å².